The van der Waals surface area contributed by atoms with E-state index in [-0.39, 0.29) is 11.6 Å². The molecule has 0 aliphatic heterocycles. The van der Waals surface area contributed by atoms with Gasteiger partial charge in [-0.2, -0.15) is 10.1 Å². The molecule has 0 unspecified atom stereocenters. The van der Waals surface area contributed by atoms with Crippen molar-refractivity contribution in [2.75, 3.05) is 0 Å². The van der Waals surface area contributed by atoms with Crippen molar-refractivity contribution in [3.63, 3.8) is 0 Å². The number of aryl methyl sites for hydroxylation is 2. The fourth-order valence-electron chi connectivity index (χ4n) is 2.10. The highest BCUT2D eigenvalue weighted by atomic mass is 35.5. The van der Waals surface area contributed by atoms with Crippen LogP contribution < -0.4 is 5.43 Å². The van der Waals surface area contributed by atoms with Crippen LogP contribution >= 0.6 is 11.6 Å². The molecule has 0 fully saturated rings. The van der Waals surface area contributed by atoms with E-state index in [1.54, 1.807) is 6.07 Å². The molecular formula is C15H13ClN6O2. The van der Waals surface area contributed by atoms with Gasteiger partial charge in [-0.1, -0.05) is 11.6 Å². The zero-order chi connectivity index (χ0) is 17.3. The first kappa shape index (κ1) is 15.9. The summed E-state index contributed by atoms with van der Waals surface area (Å²) in [4.78, 5) is 20.4. The Labute approximate surface area is 141 Å². The Balaban J connectivity index is 1.79. The number of carbonyl (C=O) groups is 1. The number of hydrazone groups is 1. The fraction of sp³-hybridized carbons (Fsp3) is 0.133. The number of aromatic hydroxyl groups is 1. The van der Waals surface area contributed by atoms with Crippen LogP contribution in [0.3, 0.4) is 0 Å². The third-order valence-corrected chi connectivity index (χ3v) is 3.42. The van der Waals surface area contributed by atoms with E-state index in [1.807, 2.05) is 19.9 Å². The lowest BCUT2D eigenvalue weighted by Gasteiger charge is -1.99. The maximum Gasteiger partial charge on any atom is 0.311 e. The van der Waals surface area contributed by atoms with E-state index in [9.17, 15) is 9.90 Å². The standard InChI is InChI=1S/C15H13ClN6O2/c1-8-5-9(2)22-15(18-8)19-13(21-22)14(24)20-17-7-10-6-11(16)3-4-12(10)23/h3-7,23H,1-2H3,(H,20,24)/b17-7+. The minimum atomic E-state index is -0.588. The lowest BCUT2D eigenvalue weighted by Crippen LogP contribution is -2.19. The van der Waals surface area contributed by atoms with Crippen molar-refractivity contribution >= 4 is 29.5 Å². The van der Waals surface area contributed by atoms with E-state index in [4.69, 9.17) is 11.6 Å². The van der Waals surface area contributed by atoms with Crippen LogP contribution in [-0.4, -0.2) is 36.8 Å². The molecule has 2 heterocycles. The number of phenols is 1. The number of phenolic OH excluding ortho intramolecular Hbond substituents is 1. The van der Waals surface area contributed by atoms with Crippen molar-refractivity contribution in [1.29, 1.82) is 0 Å². The predicted molar refractivity (Wildman–Crippen MR) is 88.4 cm³/mol. The second-order valence-electron chi connectivity index (χ2n) is 5.09. The van der Waals surface area contributed by atoms with Gasteiger partial charge in [0.2, 0.25) is 5.82 Å². The number of hydrogen-bond donors (Lipinski definition) is 2. The molecule has 24 heavy (non-hydrogen) atoms. The molecule has 122 valence electrons. The van der Waals surface area contributed by atoms with Gasteiger partial charge < -0.3 is 5.11 Å². The number of hydrogen-bond acceptors (Lipinski definition) is 6. The average Bonchev–Trinajstić information content (AvgIpc) is 2.95. The van der Waals surface area contributed by atoms with Crippen molar-refractivity contribution < 1.29 is 9.90 Å². The zero-order valence-corrected chi connectivity index (χ0v) is 13.6. The molecule has 0 bridgehead atoms. The van der Waals surface area contributed by atoms with E-state index in [0.717, 1.165) is 11.4 Å². The summed E-state index contributed by atoms with van der Waals surface area (Å²) in [6.45, 7) is 3.68. The molecule has 0 radical (unpaired) electrons. The van der Waals surface area contributed by atoms with Gasteiger partial charge in [0, 0.05) is 22.0 Å². The zero-order valence-electron chi connectivity index (χ0n) is 12.9. The third kappa shape index (κ3) is 3.18. The number of halogens is 1. The van der Waals surface area contributed by atoms with Gasteiger partial charge in [-0.05, 0) is 38.1 Å². The van der Waals surface area contributed by atoms with Crippen LogP contribution in [-0.2, 0) is 0 Å². The van der Waals surface area contributed by atoms with Crippen LogP contribution in [0.5, 0.6) is 5.75 Å². The summed E-state index contributed by atoms with van der Waals surface area (Å²) in [6, 6.07) is 6.34. The number of aromatic nitrogens is 4. The van der Waals surface area contributed by atoms with Gasteiger partial charge in [-0.25, -0.2) is 14.9 Å². The number of carbonyl (C=O) groups excluding carboxylic acids is 1. The molecule has 0 aliphatic rings. The van der Waals surface area contributed by atoms with E-state index >= 15 is 0 Å². The normalized spacial score (nSPS) is 11.3. The Morgan fingerprint density at radius 3 is 2.92 bits per heavy atom. The number of rotatable bonds is 3. The van der Waals surface area contributed by atoms with Crippen molar-refractivity contribution in [3.8, 4) is 5.75 Å². The Kier molecular flexibility index (Phi) is 4.13. The van der Waals surface area contributed by atoms with Crippen LogP contribution in [0.15, 0.2) is 29.4 Å². The maximum absolute atomic E-state index is 12.1. The molecule has 0 saturated heterocycles. The van der Waals surface area contributed by atoms with Gasteiger partial charge in [-0.3, -0.25) is 4.79 Å². The fourth-order valence-corrected chi connectivity index (χ4v) is 2.28. The van der Waals surface area contributed by atoms with Gasteiger partial charge >= 0.3 is 5.91 Å². The Morgan fingerprint density at radius 2 is 2.12 bits per heavy atom. The first-order valence-corrected chi connectivity index (χ1v) is 7.35. The second kappa shape index (κ2) is 6.25. The van der Waals surface area contributed by atoms with E-state index in [0.29, 0.717) is 16.4 Å². The lowest BCUT2D eigenvalue weighted by molar-refractivity contribution is 0.0945. The Hall–Kier alpha value is -3.00. The summed E-state index contributed by atoms with van der Waals surface area (Å²) in [6.07, 6.45) is 1.28. The molecule has 3 rings (SSSR count). The average molecular weight is 345 g/mol. The molecule has 0 spiro atoms. The number of benzene rings is 1. The highest BCUT2D eigenvalue weighted by Gasteiger charge is 2.14. The van der Waals surface area contributed by atoms with Crippen LogP contribution in [0, 0.1) is 13.8 Å². The molecule has 8 nitrogen and oxygen atoms in total. The number of nitrogens with one attached hydrogen (secondary N) is 1. The quantitative estimate of drug-likeness (QED) is 0.557. The van der Waals surface area contributed by atoms with E-state index < -0.39 is 5.91 Å². The molecule has 9 heteroatoms. The van der Waals surface area contributed by atoms with Gasteiger partial charge in [0.1, 0.15) is 5.75 Å². The summed E-state index contributed by atoms with van der Waals surface area (Å²) in [5.74, 6) is -0.299. The van der Waals surface area contributed by atoms with Crippen molar-refractivity contribution in [1.82, 2.24) is 25.0 Å². The predicted octanol–water partition coefficient (Wildman–Crippen LogP) is 1.86. The molecule has 1 amide bonds. The van der Waals surface area contributed by atoms with Gasteiger partial charge in [0.25, 0.3) is 5.78 Å². The topological polar surface area (TPSA) is 105 Å². The van der Waals surface area contributed by atoms with Gasteiger partial charge in [0.15, 0.2) is 0 Å². The minimum Gasteiger partial charge on any atom is -0.507 e. The summed E-state index contributed by atoms with van der Waals surface area (Å²) in [7, 11) is 0. The second-order valence-corrected chi connectivity index (χ2v) is 5.52. The number of nitrogens with zero attached hydrogens (tertiary/aromatic N) is 5. The Bertz CT molecular complexity index is 966. The van der Waals surface area contributed by atoms with Crippen molar-refractivity contribution in [3.05, 3.63) is 52.1 Å². The number of amides is 1. The molecule has 0 aliphatic carbocycles. The molecular weight excluding hydrogens is 332 g/mol. The molecule has 1 aromatic carbocycles. The van der Waals surface area contributed by atoms with Crippen LogP contribution in [0.2, 0.25) is 5.02 Å². The largest absolute Gasteiger partial charge is 0.507 e. The van der Waals surface area contributed by atoms with Gasteiger partial charge in [0.05, 0.1) is 6.21 Å². The van der Waals surface area contributed by atoms with Crippen LogP contribution in [0.1, 0.15) is 27.6 Å². The summed E-state index contributed by atoms with van der Waals surface area (Å²) < 4.78 is 1.48. The van der Waals surface area contributed by atoms with Crippen molar-refractivity contribution in [2.45, 2.75) is 13.8 Å². The van der Waals surface area contributed by atoms with E-state index in [2.05, 4.69) is 25.6 Å². The summed E-state index contributed by atoms with van der Waals surface area (Å²) >= 11 is 5.84. The Morgan fingerprint density at radius 1 is 1.33 bits per heavy atom. The molecule has 0 atom stereocenters. The molecule has 3 aromatic rings. The third-order valence-electron chi connectivity index (χ3n) is 3.18. The van der Waals surface area contributed by atoms with Crippen LogP contribution in [0.25, 0.3) is 5.78 Å². The summed E-state index contributed by atoms with van der Waals surface area (Å²) in [5, 5.41) is 18.0. The first-order valence-electron chi connectivity index (χ1n) is 6.97. The van der Waals surface area contributed by atoms with E-state index in [1.165, 1.54) is 22.9 Å². The lowest BCUT2D eigenvalue weighted by atomic mass is 10.2. The SMILES string of the molecule is Cc1cc(C)n2nc(C(=O)N/N=C/c3cc(Cl)ccc3O)nc2n1. The smallest absolute Gasteiger partial charge is 0.311 e. The summed E-state index contributed by atoms with van der Waals surface area (Å²) in [5.41, 5.74) is 4.28. The number of fused-ring (bicyclic) bond motifs is 1. The highest BCUT2D eigenvalue weighted by Crippen LogP contribution is 2.19. The molecule has 2 N–H and O–H groups in total. The first-order chi connectivity index (χ1) is 11.4. The van der Waals surface area contributed by atoms with Crippen molar-refractivity contribution in [2.24, 2.45) is 5.10 Å². The minimum absolute atomic E-state index is 0.00134. The van der Waals surface area contributed by atoms with Crippen LogP contribution in [0.4, 0.5) is 0 Å². The monoisotopic (exact) mass is 344 g/mol. The molecule has 2 aromatic heterocycles. The molecule has 0 saturated carbocycles. The maximum atomic E-state index is 12.1. The van der Waals surface area contributed by atoms with Gasteiger partial charge in [-0.15, -0.1) is 5.10 Å². The highest BCUT2D eigenvalue weighted by molar-refractivity contribution is 6.30.